The van der Waals surface area contributed by atoms with Crippen molar-refractivity contribution in [3.63, 3.8) is 0 Å². The molecule has 3 aromatic heterocycles. The van der Waals surface area contributed by atoms with E-state index in [1.54, 1.807) is 12.3 Å². The van der Waals surface area contributed by atoms with Gasteiger partial charge in [0.2, 0.25) is 5.95 Å². The van der Waals surface area contributed by atoms with Crippen molar-refractivity contribution in [2.75, 3.05) is 51.2 Å². The minimum Gasteiger partial charge on any atom is -0.338 e. The molecule has 9 nitrogen and oxygen atoms in total. The van der Waals surface area contributed by atoms with Gasteiger partial charge in [-0.1, -0.05) is 6.07 Å². The van der Waals surface area contributed by atoms with Crippen LogP contribution in [0.2, 0.25) is 0 Å². The number of nitrogens with one attached hydrogen (secondary N) is 1. The number of H-pyrrole nitrogens is 1. The van der Waals surface area contributed by atoms with Crippen LogP contribution < -0.4 is 10.5 Å². The van der Waals surface area contributed by atoms with E-state index >= 15 is 0 Å². The maximum atomic E-state index is 12.3. The van der Waals surface area contributed by atoms with Crippen LogP contribution in [0.25, 0.3) is 11.5 Å². The van der Waals surface area contributed by atoms with Crippen LogP contribution in [0, 0.1) is 0 Å². The second-order valence-electron chi connectivity index (χ2n) is 8.92. The molecular formula is C24H30N8O. The van der Waals surface area contributed by atoms with E-state index in [9.17, 15) is 4.79 Å². The van der Waals surface area contributed by atoms with Crippen molar-refractivity contribution >= 4 is 5.95 Å². The first-order valence-corrected chi connectivity index (χ1v) is 11.6. The fourth-order valence-electron chi connectivity index (χ4n) is 4.56. The summed E-state index contributed by atoms with van der Waals surface area (Å²) in [6.45, 7) is 6.74. The Balaban J connectivity index is 1.21. The Morgan fingerprint density at radius 2 is 1.79 bits per heavy atom. The molecule has 0 bridgehead atoms. The number of likely N-dealkylation sites (tertiary alicyclic amines) is 1. The second kappa shape index (κ2) is 9.76. The molecule has 2 saturated heterocycles. The second-order valence-corrected chi connectivity index (χ2v) is 8.92. The molecule has 0 saturated carbocycles. The number of aromatic amines is 1. The average Bonchev–Trinajstić information content (AvgIpc) is 2.85. The Hall–Kier alpha value is -3.17. The van der Waals surface area contributed by atoms with Gasteiger partial charge in [0.15, 0.2) is 5.82 Å². The zero-order valence-electron chi connectivity index (χ0n) is 19.0. The van der Waals surface area contributed by atoms with E-state index in [1.807, 2.05) is 30.5 Å². The largest absolute Gasteiger partial charge is 0.338 e. The summed E-state index contributed by atoms with van der Waals surface area (Å²) in [5.74, 6) is 1.65. The number of hydrogen-bond donors (Lipinski definition) is 1. The van der Waals surface area contributed by atoms with Gasteiger partial charge in [0.05, 0.1) is 11.4 Å². The zero-order chi connectivity index (χ0) is 22.6. The molecule has 0 atom stereocenters. The summed E-state index contributed by atoms with van der Waals surface area (Å²) in [6, 6.07) is 9.27. The van der Waals surface area contributed by atoms with E-state index in [-0.39, 0.29) is 11.5 Å². The highest BCUT2D eigenvalue weighted by Crippen LogP contribution is 2.27. The van der Waals surface area contributed by atoms with Crippen LogP contribution in [-0.4, -0.2) is 81.0 Å². The van der Waals surface area contributed by atoms with E-state index in [4.69, 9.17) is 9.97 Å². The highest BCUT2D eigenvalue weighted by molar-refractivity contribution is 5.48. The van der Waals surface area contributed by atoms with Crippen LogP contribution >= 0.6 is 0 Å². The molecule has 0 unspecified atom stereocenters. The molecule has 2 aliphatic heterocycles. The lowest BCUT2D eigenvalue weighted by atomic mass is 9.93. The van der Waals surface area contributed by atoms with Crippen molar-refractivity contribution in [2.24, 2.45) is 0 Å². The van der Waals surface area contributed by atoms with E-state index in [1.165, 1.54) is 0 Å². The number of aromatic nitrogens is 5. The molecule has 5 rings (SSSR count). The fourth-order valence-corrected chi connectivity index (χ4v) is 4.56. The van der Waals surface area contributed by atoms with Crippen molar-refractivity contribution in [2.45, 2.75) is 25.3 Å². The molecule has 1 N–H and O–H groups in total. The van der Waals surface area contributed by atoms with Gasteiger partial charge in [-0.25, -0.2) is 15.0 Å². The number of nitrogens with zero attached hydrogens (tertiary/aromatic N) is 7. The van der Waals surface area contributed by atoms with Gasteiger partial charge in [0.25, 0.3) is 5.56 Å². The Kier molecular flexibility index (Phi) is 6.41. The third-order valence-electron chi connectivity index (χ3n) is 6.55. The summed E-state index contributed by atoms with van der Waals surface area (Å²) in [4.78, 5) is 40.5. The highest BCUT2D eigenvalue weighted by Gasteiger charge is 2.24. The van der Waals surface area contributed by atoms with Crippen LogP contribution in [0.1, 0.15) is 30.1 Å². The van der Waals surface area contributed by atoms with Crippen LogP contribution in [0.15, 0.2) is 47.5 Å². The van der Waals surface area contributed by atoms with Crippen molar-refractivity contribution in [1.29, 1.82) is 0 Å². The predicted molar refractivity (Wildman–Crippen MR) is 127 cm³/mol. The highest BCUT2D eigenvalue weighted by atomic mass is 16.1. The molecule has 0 aromatic carbocycles. The fraction of sp³-hybridized carbons (Fsp3) is 0.458. The van der Waals surface area contributed by atoms with Crippen LogP contribution in [0.5, 0.6) is 0 Å². The first-order chi connectivity index (χ1) is 16.1. The number of hydrogen-bond acceptors (Lipinski definition) is 8. The van der Waals surface area contributed by atoms with Crippen molar-refractivity contribution in [3.8, 4) is 11.5 Å². The van der Waals surface area contributed by atoms with Crippen molar-refractivity contribution in [1.82, 2.24) is 34.7 Å². The molecule has 2 fully saturated rings. The molecule has 33 heavy (non-hydrogen) atoms. The average molecular weight is 447 g/mol. The lowest BCUT2D eigenvalue weighted by molar-refractivity contribution is 0.201. The van der Waals surface area contributed by atoms with Crippen molar-refractivity contribution in [3.05, 3.63) is 64.5 Å². The molecule has 9 heteroatoms. The lowest BCUT2D eigenvalue weighted by Crippen LogP contribution is -2.45. The Morgan fingerprint density at radius 1 is 0.970 bits per heavy atom. The molecule has 2 aliphatic rings. The van der Waals surface area contributed by atoms with Crippen LogP contribution in [-0.2, 0) is 6.54 Å². The number of anilines is 1. The number of likely N-dealkylation sites (N-methyl/N-ethyl adjacent to an activating group) is 1. The maximum Gasteiger partial charge on any atom is 0.251 e. The normalized spacial score (nSPS) is 18.5. The molecule has 0 radical (unpaired) electrons. The molecule has 172 valence electrons. The number of piperidine rings is 1. The smallest absolute Gasteiger partial charge is 0.251 e. The van der Waals surface area contributed by atoms with Gasteiger partial charge < -0.3 is 14.8 Å². The molecular weight excluding hydrogens is 416 g/mol. The van der Waals surface area contributed by atoms with Gasteiger partial charge in [-0.2, -0.15) is 0 Å². The molecule has 0 aliphatic carbocycles. The summed E-state index contributed by atoms with van der Waals surface area (Å²) in [5.41, 5.74) is 2.48. The van der Waals surface area contributed by atoms with Gasteiger partial charge >= 0.3 is 0 Å². The monoisotopic (exact) mass is 446 g/mol. The van der Waals surface area contributed by atoms with E-state index < -0.39 is 0 Å². The van der Waals surface area contributed by atoms with E-state index in [0.717, 1.165) is 76.0 Å². The Morgan fingerprint density at radius 3 is 2.55 bits per heavy atom. The van der Waals surface area contributed by atoms with Gasteiger partial charge in [-0.05, 0) is 51.2 Å². The Bertz CT molecular complexity index is 1120. The molecule has 0 amide bonds. The molecule has 0 spiro atoms. The van der Waals surface area contributed by atoms with Crippen LogP contribution in [0.3, 0.4) is 0 Å². The standard InChI is InChI=1S/C24H30N8O/c1-30-12-14-32(15-13-30)24-26-9-5-19(27-24)17-31-10-6-18(7-11-31)21-16-22(33)29-23(28-21)20-4-2-3-8-25-20/h2-5,8-9,16,18H,6-7,10-15,17H2,1H3,(H,28,29,33). The number of rotatable bonds is 5. The maximum absolute atomic E-state index is 12.3. The minimum atomic E-state index is -0.125. The van der Waals surface area contributed by atoms with Crippen molar-refractivity contribution < 1.29 is 0 Å². The topological polar surface area (TPSA) is 94.1 Å². The van der Waals surface area contributed by atoms with E-state index in [0.29, 0.717) is 11.5 Å². The van der Waals surface area contributed by atoms with Gasteiger partial charge in [0, 0.05) is 57.1 Å². The van der Waals surface area contributed by atoms with Crippen LogP contribution in [0.4, 0.5) is 5.95 Å². The third kappa shape index (κ3) is 5.26. The first-order valence-electron chi connectivity index (χ1n) is 11.6. The first kappa shape index (κ1) is 21.7. The molecule has 5 heterocycles. The molecule has 3 aromatic rings. The van der Waals surface area contributed by atoms with Gasteiger partial charge in [-0.3, -0.25) is 14.7 Å². The third-order valence-corrected chi connectivity index (χ3v) is 6.55. The summed E-state index contributed by atoms with van der Waals surface area (Å²) in [6.07, 6.45) is 5.52. The van der Waals surface area contributed by atoms with E-state index in [2.05, 4.69) is 36.7 Å². The number of pyridine rings is 1. The SMILES string of the molecule is CN1CCN(c2nccc(CN3CCC(c4cc(=O)[nH]c(-c5ccccn5)n4)CC3)n2)CC1. The Labute approximate surface area is 193 Å². The summed E-state index contributed by atoms with van der Waals surface area (Å²) in [7, 11) is 2.15. The lowest BCUT2D eigenvalue weighted by Gasteiger charge is -2.33. The summed E-state index contributed by atoms with van der Waals surface area (Å²) >= 11 is 0. The number of piperazine rings is 1. The zero-order valence-corrected chi connectivity index (χ0v) is 19.0. The predicted octanol–water partition coefficient (Wildman–Crippen LogP) is 1.75. The van der Waals surface area contributed by atoms with Gasteiger partial charge in [0.1, 0.15) is 5.69 Å². The summed E-state index contributed by atoms with van der Waals surface area (Å²) < 4.78 is 0. The minimum absolute atomic E-state index is 0.125. The summed E-state index contributed by atoms with van der Waals surface area (Å²) in [5, 5.41) is 0. The van der Waals surface area contributed by atoms with Gasteiger partial charge in [-0.15, -0.1) is 0 Å². The quantitative estimate of drug-likeness (QED) is 0.634.